The fourth-order valence-electron chi connectivity index (χ4n) is 2.94. The number of likely N-dealkylation sites (N-methyl/N-ethyl adjacent to an activating group) is 3. The van der Waals surface area contributed by atoms with Gasteiger partial charge in [-0.05, 0) is 51.7 Å². The predicted molar refractivity (Wildman–Crippen MR) is 91.5 cm³/mol. The molecule has 1 saturated heterocycles. The summed E-state index contributed by atoms with van der Waals surface area (Å²) in [6.07, 6.45) is 2.05. The highest BCUT2D eigenvalue weighted by molar-refractivity contribution is 6.35. The Labute approximate surface area is 138 Å². The third-order valence-electron chi connectivity index (χ3n) is 4.43. The molecule has 1 fully saturated rings. The average molecular weight is 330 g/mol. The van der Waals surface area contributed by atoms with Crippen molar-refractivity contribution in [1.29, 1.82) is 0 Å². The van der Waals surface area contributed by atoms with Gasteiger partial charge in [0, 0.05) is 41.8 Å². The summed E-state index contributed by atoms with van der Waals surface area (Å²) in [4.78, 5) is 4.88. The number of hydrogen-bond donors (Lipinski definition) is 1. The minimum absolute atomic E-state index is 0.419. The zero-order chi connectivity index (χ0) is 15.4. The van der Waals surface area contributed by atoms with Crippen LogP contribution in [0.5, 0.6) is 0 Å². The van der Waals surface area contributed by atoms with Crippen LogP contribution in [-0.2, 0) is 6.42 Å². The summed E-state index contributed by atoms with van der Waals surface area (Å²) < 4.78 is 0. The molecule has 0 aliphatic carbocycles. The molecule has 0 bridgehead atoms. The molecule has 2 unspecified atom stereocenters. The van der Waals surface area contributed by atoms with E-state index in [0.717, 1.165) is 43.1 Å². The van der Waals surface area contributed by atoms with Gasteiger partial charge in [-0.2, -0.15) is 0 Å². The van der Waals surface area contributed by atoms with Crippen LogP contribution >= 0.6 is 23.2 Å². The van der Waals surface area contributed by atoms with E-state index in [0.29, 0.717) is 17.1 Å². The molecular weight excluding hydrogens is 305 g/mol. The first-order valence-corrected chi connectivity index (χ1v) is 8.25. The van der Waals surface area contributed by atoms with E-state index in [4.69, 9.17) is 23.2 Å². The molecular formula is C16H25Cl2N3. The van der Waals surface area contributed by atoms with Crippen molar-refractivity contribution in [3.8, 4) is 0 Å². The van der Waals surface area contributed by atoms with Crippen LogP contribution in [-0.4, -0.2) is 62.7 Å². The molecule has 1 heterocycles. The summed E-state index contributed by atoms with van der Waals surface area (Å²) in [7, 11) is 6.45. The number of nitrogens with one attached hydrogen (secondary N) is 1. The first-order valence-electron chi connectivity index (χ1n) is 7.49. The predicted octanol–water partition coefficient (Wildman–Crippen LogP) is 2.76. The highest BCUT2D eigenvalue weighted by atomic mass is 35.5. The van der Waals surface area contributed by atoms with E-state index in [9.17, 15) is 0 Å². The smallest absolute Gasteiger partial charge is 0.0453 e. The molecule has 0 aromatic heterocycles. The van der Waals surface area contributed by atoms with Crippen LogP contribution in [0.4, 0.5) is 0 Å². The molecule has 0 amide bonds. The number of rotatable bonds is 5. The van der Waals surface area contributed by atoms with Crippen LogP contribution in [0.2, 0.25) is 10.0 Å². The third kappa shape index (κ3) is 4.83. The van der Waals surface area contributed by atoms with Crippen molar-refractivity contribution in [2.75, 3.05) is 40.8 Å². The first-order chi connectivity index (χ1) is 9.99. The molecule has 2 atom stereocenters. The third-order valence-corrected chi connectivity index (χ3v) is 5.01. The summed E-state index contributed by atoms with van der Waals surface area (Å²) in [6, 6.07) is 6.78. The molecule has 5 heteroatoms. The van der Waals surface area contributed by atoms with Crippen molar-refractivity contribution in [3.05, 3.63) is 33.8 Å². The van der Waals surface area contributed by atoms with Crippen LogP contribution in [0.3, 0.4) is 0 Å². The van der Waals surface area contributed by atoms with Crippen molar-refractivity contribution in [2.45, 2.75) is 24.9 Å². The molecule has 2 rings (SSSR count). The number of hydrogen-bond acceptors (Lipinski definition) is 3. The summed E-state index contributed by atoms with van der Waals surface area (Å²) in [6.45, 7) is 3.42. The Morgan fingerprint density at radius 2 is 2.05 bits per heavy atom. The van der Waals surface area contributed by atoms with Crippen molar-refractivity contribution in [1.82, 2.24) is 15.1 Å². The minimum Gasteiger partial charge on any atom is -0.317 e. The van der Waals surface area contributed by atoms with E-state index in [2.05, 4.69) is 29.2 Å². The lowest BCUT2D eigenvalue weighted by atomic mass is 9.97. The Hall–Kier alpha value is -0.320. The molecule has 0 radical (unpaired) electrons. The highest BCUT2D eigenvalue weighted by Crippen LogP contribution is 2.23. The standard InChI is InChI=1S/C16H25Cl2N3/c1-19-14(8-12-4-5-13(17)9-16(12)18)10-15-11-20(2)6-7-21(15)3/h4-5,9,14-15,19H,6-8,10-11H2,1-3H3. The fourth-order valence-corrected chi connectivity index (χ4v) is 3.43. The van der Waals surface area contributed by atoms with Gasteiger partial charge in [-0.3, -0.25) is 0 Å². The van der Waals surface area contributed by atoms with Crippen LogP contribution < -0.4 is 5.32 Å². The number of nitrogens with zero attached hydrogens (tertiary/aromatic N) is 2. The van der Waals surface area contributed by atoms with Crippen LogP contribution in [0, 0.1) is 0 Å². The van der Waals surface area contributed by atoms with E-state index in [-0.39, 0.29) is 0 Å². The van der Waals surface area contributed by atoms with E-state index in [1.54, 1.807) is 0 Å². The van der Waals surface area contributed by atoms with Crippen molar-refractivity contribution in [3.63, 3.8) is 0 Å². The summed E-state index contributed by atoms with van der Waals surface area (Å²) in [5.74, 6) is 0. The van der Waals surface area contributed by atoms with Gasteiger partial charge in [0.15, 0.2) is 0 Å². The Morgan fingerprint density at radius 3 is 2.71 bits per heavy atom. The van der Waals surface area contributed by atoms with Gasteiger partial charge in [0.05, 0.1) is 0 Å². The van der Waals surface area contributed by atoms with E-state index in [1.165, 1.54) is 0 Å². The number of piperazine rings is 1. The Bertz CT molecular complexity index is 467. The zero-order valence-electron chi connectivity index (χ0n) is 13.1. The van der Waals surface area contributed by atoms with Crippen LogP contribution in [0.1, 0.15) is 12.0 Å². The second-order valence-electron chi connectivity index (χ2n) is 6.06. The van der Waals surface area contributed by atoms with Gasteiger partial charge in [-0.1, -0.05) is 29.3 Å². The van der Waals surface area contributed by atoms with Crippen molar-refractivity contribution in [2.24, 2.45) is 0 Å². The quantitative estimate of drug-likeness (QED) is 0.896. The van der Waals surface area contributed by atoms with Gasteiger partial charge in [0.1, 0.15) is 0 Å². The maximum absolute atomic E-state index is 6.29. The summed E-state index contributed by atoms with van der Waals surface area (Å²) in [5, 5.41) is 4.89. The minimum atomic E-state index is 0.419. The second-order valence-corrected chi connectivity index (χ2v) is 6.90. The van der Waals surface area contributed by atoms with E-state index >= 15 is 0 Å². The van der Waals surface area contributed by atoms with Gasteiger partial charge in [0.25, 0.3) is 0 Å². The second kappa shape index (κ2) is 7.80. The van der Waals surface area contributed by atoms with E-state index in [1.807, 2.05) is 25.2 Å². The Morgan fingerprint density at radius 1 is 1.29 bits per heavy atom. The van der Waals surface area contributed by atoms with Gasteiger partial charge in [-0.15, -0.1) is 0 Å². The lowest BCUT2D eigenvalue weighted by Crippen LogP contribution is -2.52. The summed E-state index contributed by atoms with van der Waals surface area (Å²) in [5.41, 5.74) is 1.16. The average Bonchev–Trinajstić information content (AvgIpc) is 2.44. The number of benzene rings is 1. The monoisotopic (exact) mass is 329 g/mol. The molecule has 0 saturated carbocycles. The molecule has 21 heavy (non-hydrogen) atoms. The van der Waals surface area contributed by atoms with Gasteiger partial charge in [-0.25, -0.2) is 0 Å². The maximum atomic E-state index is 6.29. The molecule has 1 aromatic rings. The largest absolute Gasteiger partial charge is 0.317 e. The normalized spacial score (nSPS) is 22.4. The molecule has 0 spiro atoms. The van der Waals surface area contributed by atoms with Gasteiger partial charge < -0.3 is 15.1 Å². The van der Waals surface area contributed by atoms with Crippen molar-refractivity contribution >= 4 is 23.2 Å². The lowest BCUT2D eigenvalue weighted by Gasteiger charge is -2.39. The van der Waals surface area contributed by atoms with Crippen LogP contribution in [0.25, 0.3) is 0 Å². The van der Waals surface area contributed by atoms with Crippen LogP contribution in [0.15, 0.2) is 18.2 Å². The Balaban J connectivity index is 1.99. The fraction of sp³-hybridized carbons (Fsp3) is 0.625. The molecule has 1 aromatic carbocycles. The molecule has 1 aliphatic rings. The van der Waals surface area contributed by atoms with Gasteiger partial charge in [0.2, 0.25) is 0 Å². The van der Waals surface area contributed by atoms with Crippen molar-refractivity contribution < 1.29 is 0 Å². The lowest BCUT2D eigenvalue weighted by molar-refractivity contribution is 0.102. The highest BCUT2D eigenvalue weighted by Gasteiger charge is 2.25. The van der Waals surface area contributed by atoms with E-state index < -0.39 is 0 Å². The Kier molecular flexibility index (Phi) is 6.33. The SMILES string of the molecule is CNC(Cc1ccc(Cl)cc1Cl)CC1CN(C)CCN1C. The first kappa shape index (κ1) is 17.0. The topological polar surface area (TPSA) is 18.5 Å². The molecule has 3 nitrogen and oxygen atoms in total. The molecule has 118 valence electrons. The zero-order valence-corrected chi connectivity index (χ0v) is 14.6. The molecule has 1 aliphatic heterocycles. The number of halogens is 2. The maximum Gasteiger partial charge on any atom is 0.0453 e. The summed E-state index contributed by atoms with van der Waals surface area (Å²) >= 11 is 12.3. The molecule has 1 N–H and O–H groups in total. The van der Waals surface area contributed by atoms with Gasteiger partial charge >= 0.3 is 0 Å².